The first-order valence-corrected chi connectivity index (χ1v) is 6.54. The number of carbonyl (C=O) groups excluding carboxylic acids is 3. The van der Waals surface area contributed by atoms with Crippen LogP contribution in [0, 0.1) is 0 Å². The summed E-state index contributed by atoms with van der Waals surface area (Å²) in [5, 5.41) is 0. The van der Waals surface area contributed by atoms with Crippen molar-refractivity contribution in [3.8, 4) is 5.75 Å². The maximum absolute atomic E-state index is 12.4. The van der Waals surface area contributed by atoms with E-state index in [0.29, 0.717) is 16.9 Å². The molecular formula is C16H12N2O4. The Morgan fingerprint density at radius 2 is 1.77 bits per heavy atom. The maximum atomic E-state index is 12.4. The average Bonchev–Trinajstić information content (AvgIpc) is 2.70. The third kappa shape index (κ3) is 2.20. The van der Waals surface area contributed by atoms with Gasteiger partial charge in [-0.15, -0.1) is 0 Å². The number of carbonyl (C=O) groups is 3. The lowest BCUT2D eigenvalue weighted by Gasteiger charge is -2.14. The molecule has 0 atom stereocenters. The van der Waals surface area contributed by atoms with E-state index in [-0.39, 0.29) is 11.3 Å². The minimum atomic E-state index is -0.479. The molecule has 0 bridgehead atoms. The zero-order valence-electron chi connectivity index (χ0n) is 11.7. The van der Waals surface area contributed by atoms with Crippen molar-refractivity contribution in [1.29, 1.82) is 0 Å². The Morgan fingerprint density at radius 3 is 2.50 bits per heavy atom. The first-order chi connectivity index (χ1) is 10.5. The Labute approximate surface area is 126 Å². The van der Waals surface area contributed by atoms with E-state index in [2.05, 4.69) is 0 Å². The fourth-order valence-corrected chi connectivity index (χ4v) is 2.34. The second-order valence-corrected chi connectivity index (χ2v) is 4.84. The van der Waals surface area contributed by atoms with Gasteiger partial charge in [0.15, 0.2) is 0 Å². The fraction of sp³-hybridized carbons (Fsp3) is 0.0625. The first kappa shape index (κ1) is 13.8. The molecule has 0 saturated carbocycles. The number of esters is 1. The molecule has 2 amide bonds. The summed E-state index contributed by atoms with van der Waals surface area (Å²) in [6.07, 6.45) is 0. The molecule has 0 aromatic heterocycles. The quantitative estimate of drug-likeness (QED) is 0.396. The highest BCUT2D eigenvalue weighted by atomic mass is 16.5. The number of imide groups is 1. The molecule has 2 aromatic carbocycles. The molecule has 3 rings (SSSR count). The van der Waals surface area contributed by atoms with Gasteiger partial charge < -0.3 is 10.5 Å². The summed E-state index contributed by atoms with van der Waals surface area (Å²) in [4.78, 5) is 36.9. The maximum Gasteiger partial charge on any atom is 0.308 e. The minimum Gasteiger partial charge on any atom is -0.427 e. The molecule has 0 fully saturated rings. The lowest BCUT2D eigenvalue weighted by atomic mass is 10.1. The lowest BCUT2D eigenvalue weighted by molar-refractivity contribution is -0.131. The number of nitrogen functional groups attached to an aromatic ring is 1. The number of amides is 2. The molecule has 0 spiro atoms. The van der Waals surface area contributed by atoms with Gasteiger partial charge in [-0.3, -0.25) is 14.4 Å². The van der Waals surface area contributed by atoms with Gasteiger partial charge >= 0.3 is 5.97 Å². The summed E-state index contributed by atoms with van der Waals surface area (Å²) in [5.41, 5.74) is 6.98. The average molecular weight is 296 g/mol. The molecule has 2 aromatic rings. The Hall–Kier alpha value is -3.15. The SMILES string of the molecule is CC(=O)Oc1cccc(N2C(=O)c3ccc(N)cc3C2=O)c1. The first-order valence-electron chi connectivity index (χ1n) is 6.54. The van der Waals surface area contributed by atoms with Gasteiger partial charge in [-0.1, -0.05) is 6.07 Å². The molecular weight excluding hydrogens is 284 g/mol. The molecule has 0 aliphatic carbocycles. The van der Waals surface area contributed by atoms with Gasteiger partial charge in [0.05, 0.1) is 16.8 Å². The standard InChI is InChI=1S/C16H12N2O4/c1-9(19)22-12-4-2-3-11(8-12)18-15(20)13-6-5-10(17)7-14(13)16(18)21/h2-8H,17H2,1H3. The number of fused-ring (bicyclic) bond motifs is 1. The van der Waals surface area contributed by atoms with Crippen LogP contribution in [0.15, 0.2) is 42.5 Å². The summed E-state index contributed by atoms with van der Waals surface area (Å²) in [6.45, 7) is 1.28. The second-order valence-electron chi connectivity index (χ2n) is 4.84. The highest BCUT2D eigenvalue weighted by molar-refractivity contribution is 6.34. The summed E-state index contributed by atoms with van der Waals surface area (Å²) >= 11 is 0. The molecule has 110 valence electrons. The van der Waals surface area contributed by atoms with E-state index in [9.17, 15) is 14.4 Å². The van der Waals surface area contributed by atoms with Crippen LogP contribution >= 0.6 is 0 Å². The number of nitrogens with zero attached hydrogens (tertiary/aromatic N) is 1. The topological polar surface area (TPSA) is 89.7 Å². The van der Waals surface area contributed by atoms with Crippen molar-refractivity contribution in [3.63, 3.8) is 0 Å². The number of benzene rings is 2. The molecule has 2 N–H and O–H groups in total. The summed E-state index contributed by atoms with van der Waals surface area (Å²) in [6, 6.07) is 10.8. The van der Waals surface area contributed by atoms with E-state index < -0.39 is 17.8 Å². The van der Waals surface area contributed by atoms with Crippen LogP contribution in [0.4, 0.5) is 11.4 Å². The van der Waals surface area contributed by atoms with Crippen LogP contribution in [0.1, 0.15) is 27.6 Å². The second kappa shape index (κ2) is 5.00. The van der Waals surface area contributed by atoms with Crippen molar-refractivity contribution in [2.24, 2.45) is 0 Å². The van der Waals surface area contributed by atoms with Crippen LogP contribution in [0.3, 0.4) is 0 Å². The third-order valence-electron chi connectivity index (χ3n) is 3.25. The number of hydrogen-bond donors (Lipinski definition) is 1. The molecule has 6 heteroatoms. The largest absolute Gasteiger partial charge is 0.427 e. The molecule has 0 unspecified atom stereocenters. The fourth-order valence-electron chi connectivity index (χ4n) is 2.34. The van der Waals surface area contributed by atoms with Crippen molar-refractivity contribution in [2.75, 3.05) is 10.6 Å². The molecule has 22 heavy (non-hydrogen) atoms. The van der Waals surface area contributed by atoms with E-state index in [1.54, 1.807) is 24.3 Å². The Balaban J connectivity index is 2.02. The van der Waals surface area contributed by atoms with Gasteiger partial charge in [-0.2, -0.15) is 0 Å². The molecule has 0 radical (unpaired) electrons. The zero-order chi connectivity index (χ0) is 15.9. The van der Waals surface area contributed by atoms with Gasteiger partial charge in [0.2, 0.25) is 0 Å². The van der Waals surface area contributed by atoms with Crippen LogP contribution in [-0.4, -0.2) is 17.8 Å². The molecule has 0 saturated heterocycles. The van der Waals surface area contributed by atoms with Crippen LogP contribution in [0.5, 0.6) is 5.75 Å². The van der Waals surface area contributed by atoms with E-state index in [1.807, 2.05) is 0 Å². The minimum absolute atomic E-state index is 0.265. The number of hydrogen-bond acceptors (Lipinski definition) is 5. The monoisotopic (exact) mass is 296 g/mol. The van der Waals surface area contributed by atoms with Crippen molar-refractivity contribution >= 4 is 29.2 Å². The number of ether oxygens (including phenoxy) is 1. The number of anilines is 2. The van der Waals surface area contributed by atoms with Crippen LogP contribution in [0.2, 0.25) is 0 Å². The van der Waals surface area contributed by atoms with Gasteiger partial charge in [0, 0.05) is 18.7 Å². The highest BCUT2D eigenvalue weighted by Gasteiger charge is 2.36. The van der Waals surface area contributed by atoms with Crippen LogP contribution < -0.4 is 15.4 Å². The van der Waals surface area contributed by atoms with E-state index >= 15 is 0 Å². The van der Waals surface area contributed by atoms with Crippen molar-refractivity contribution in [2.45, 2.75) is 6.92 Å². The number of nitrogens with two attached hydrogens (primary N) is 1. The molecule has 6 nitrogen and oxygen atoms in total. The van der Waals surface area contributed by atoms with Gasteiger partial charge in [-0.05, 0) is 30.3 Å². The Bertz CT molecular complexity index is 814. The molecule has 1 aliphatic heterocycles. The van der Waals surface area contributed by atoms with Crippen molar-refractivity contribution in [3.05, 3.63) is 53.6 Å². The highest BCUT2D eigenvalue weighted by Crippen LogP contribution is 2.31. The lowest BCUT2D eigenvalue weighted by Crippen LogP contribution is -2.29. The van der Waals surface area contributed by atoms with Crippen molar-refractivity contribution in [1.82, 2.24) is 0 Å². The van der Waals surface area contributed by atoms with Gasteiger partial charge in [0.25, 0.3) is 11.8 Å². The number of rotatable bonds is 2. The Kier molecular flexibility index (Phi) is 3.14. The molecule has 1 aliphatic rings. The van der Waals surface area contributed by atoms with Crippen molar-refractivity contribution < 1.29 is 19.1 Å². The van der Waals surface area contributed by atoms with Crippen LogP contribution in [-0.2, 0) is 4.79 Å². The van der Waals surface area contributed by atoms with Gasteiger partial charge in [0.1, 0.15) is 5.75 Å². The summed E-state index contributed by atoms with van der Waals surface area (Å²) in [5.74, 6) is -1.10. The predicted octanol–water partition coefficient (Wildman–Crippen LogP) is 1.99. The van der Waals surface area contributed by atoms with Crippen LogP contribution in [0.25, 0.3) is 0 Å². The third-order valence-corrected chi connectivity index (χ3v) is 3.25. The van der Waals surface area contributed by atoms with E-state index in [4.69, 9.17) is 10.5 Å². The van der Waals surface area contributed by atoms with E-state index in [1.165, 1.54) is 25.1 Å². The normalized spacial score (nSPS) is 13.2. The molecule has 1 heterocycles. The Morgan fingerprint density at radius 1 is 1.05 bits per heavy atom. The zero-order valence-corrected chi connectivity index (χ0v) is 11.7. The predicted molar refractivity (Wildman–Crippen MR) is 79.7 cm³/mol. The summed E-state index contributed by atoms with van der Waals surface area (Å²) < 4.78 is 4.97. The van der Waals surface area contributed by atoms with Gasteiger partial charge in [-0.25, -0.2) is 4.90 Å². The van der Waals surface area contributed by atoms with E-state index in [0.717, 1.165) is 4.90 Å². The summed E-state index contributed by atoms with van der Waals surface area (Å²) in [7, 11) is 0. The smallest absolute Gasteiger partial charge is 0.308 e.